The van der Waals surface area contributed by atoms with Gasteiger partial charge in [0.15, 0.2) is 23.0 Å². The fourth-order valence-corrected chi connectivity index (χ4v) is 3.06. The molecule has 1 atom stereocenters. The van der Waals surface area contributed by atoms with Crippen molar-refractivity contribution in [3.63, 3.8) is 0 Å². The van der Waals surface area contributed by atoms with Gasteiger partial charge in [0, 0.05) is 24.7 Å². The fourth-order valence-electron chi connectivity index (χ4n) is 2.94. The average Bonchev–Trinajstić information content (AvgIpc) is 3.06. The lowest BCUT2D eigenvalue weighted by molar-refractivity contribution is 0.0981. The number of halogens is 1. The van der Waals surface area contributed by atoms with Crippen molar-refractivity contribution < 1.29 is 4.79 Å². The molecule has 0 spiro atoms. The number of azo groups is 1. The molecule has 4 rings (SSSR count). The van der Waals surface area contributed by atoms with Gasteiger partial charge < -0.3 is 0 Å². The first kappa shape index (κ1) is 17.0. The number of aromatic nitrogens is 4. The summed E-state index contributed by atoms with van der Waals surface area (Å²) in [6.45, 7) is 0. The van der Waals surface area contributed by atoms with Crippen molar-refractivity contribution in [2.75, 3.05) is 0 Å². The van der Waals surface area contributed by atoms with Gasteiger partial charge in [-0.25, -0.2) is 14.3 Å². The van der Waals surface area contributed by atoms with E-state index in [0.29, 0.717) is 10.6 Å². The molecule has 3 heterocycles. The second kappa shape index (κ2) is 5.81. The molecule has 2 aromatic heterocycles. The van der Waals surface area contributed by atoms with Crippen molar-refractivity contribution in [2.45, 2.75) is 6.04 Å². The van der Waals surface area contributed by atoms with E-state index >= 15 is 0 Å². The maximum Gasteiger partial charge on any atom is 0.332 e. The van der Waals surface area contributed by atoms with Gasteiger partial charge in [-0.3, -0.25) is 24.1 Å². The number of hydrogen-bond donors (Lipinski definition) is 1. The standard InChI is InChI=1S/C16H12ClN7O3/c1-22-13-10(14(26)23(2)16(22)27)19-15-21-20-9(12(18)24(13)15)11(25)7-3-5-8(17)6-4-7/h3-6,9,18H,1-2H3. The van der Waals surface area contributed by atoms with E-state index in [9.17, 15) is 14.4 Å². The van der Waals surface area contributed by atoms with Crippen LogP contribution in [0.15, 0.2) is 44.1 Å². The third-order valence-corrected chi connectivity index (χ3v) is 4.63. The van der Waals surface area contributed by atoms with Gasteiger partial charge in [0.05, 0.1) is 0 Å². The minimum Gasteiger partial charge on any atom is -0.291 e. The van der Waals surface area contributed by atoms with Crippen LogP contribution < -0.4 is 11.2 Å². The van der Waals surface area contributed by atoms with Crippen molar-refractivity contribution in [2.24, 2.45) is 24.3 Å². The number of rotatable bonds is 2. The zero-order valence-corrected chi connectivity index (χ0v) is 14.9. The van der Waals surface area contributed by atoms with Crippen molar-refractivity contribution in [3.05, 3.63) is 55.7 Å². The average molecular weight is 386 g/mol. The van der Waals surface area contributed by atoms with Gasteiger partial charge in [0.1, 0.15) is 5.84 Å². The summed E-state index contributed by atoms with van der Waals surface area (Å²) in [6.07, 6.45) is 0. The number of benzene rings is 1. The van der Waals surface area contributed by atoms with E-state index in [-0.39, 0.29) is 22.9 Å². The first-order valence-corrected chi connectivity index (χ1v) is 8.17. The Morgan fingerprint density at radius 3 is 2.48 bits per heavy atom. The Labute approximate surface area is 155 Å². The van der Waals surface area contributed by atoms with Crippen LogP contribution in [0.4, 0.5) is 5.95 Å². The molecule has 0 fully saturated rings. The molecular weight excluding hydrogens is 374 g/mol. The Balaban J connectivity index is 1.89. The molecule has 0 aliphatic carbocycles. The van der Waals surface area contributed by atoms with E-state index in [1.807, 2.05) is 0 Å². The molecule has 10 nitrogen and oxygen atoms in total. The van der Waals surface area contributed by atoms with Crippen molar-refractivity contribution >= 4 is 40.3 Å². The molecule has 3 aromatic rings. The third kappa shape index (κ3) is 2.37. The lowest BCUT2D eigenvalue weighted by Crippen LogP contribution is -2.39. The second-order valence-corrected chi connectivity index (χ2v) is 6.44. The monoisotopic (exact) mass is 385 g/mol. The molecular formula is C16H12ClN7O3. The number of imidazole rings is 1. The minimum atomic E-state index is -1.23. The van der Waals surface area contributed by atoms with Crippen LogP contribution in [0.5, 0.6) is 0 Å². The highest BCUT2D eigenvalue weighted by Gasteiger charge is 2.33. The third-order valence-electron chi connectivity index (χ3n) is 4.37. The number of Topliss-reactive ketones (excluding diaryl/α,β-unsaturated/α-hetero) is 1. The molecule has 11 heteroatoms. The summed E-state index contributed by atoms with van der Waals surface area (Å²) in [5.41, 5.74) is -0.816. The summed E-state index contributed by atoms with van der Waals surface area (Å²) in [5, 5.41) is 16.7. The maximum atomic E-state index is 12.8. The molecule has 1 unspecified atom stereocenters. The van der Waals surface area contributed by atoms with Crippen LogP contribution in [-0.2, 0) is 14.1 Å². The quantitative estimate of drug-likeness (QED) is 0.666. The van der Waals surface area contributed by atoms with Crippen molar-refractivity contribution in [1.82, 2.24) is 18.7 Å². The van der Waals surface area contributed by atoms with Gasteiger partial charge in [-0.2, -0.15) is 5.11 Å². The van der Waals surface area contributed by atoms with E-state index in [0.717, 1.165) is 4.57 Å². The van der Waals surface area contributed by atoms with E-state index in [1.165, 1.54) is 35.4 Å². The molecule has 0 saturated carbocycles. The number of hydrogen-bond acceptors (Lipinski definition) is 7. The number of fused-ring (bicyclic) bond motifs is 3. The molecule has 0 bridgehead atoms. The predicted octanol–water partition coefficient (Wildman–Crippen LogP) is 1.26. The molecule has 1 aliphatic rings. The Morgan fingerprint density at radius 2 is 1.81 bits per heavy atom. The summed E-state index contributed by atoms with van der Waals surface area (Å²) in [7, 11) is 2.79. The van der Waals surface area contributed by atoms with Gasteiger partial charge in [-0.1, -0.05) is 11.6 Å². The molecule has 1 aromatic carbocycles. The zero-order valence-electron chi connectivity index (χ0n) is 14.2. The van der Waals surface area contributed by atoms with Crippen LogP contribution in [0.25, 0.3) is 11.2 Å². The molecule has 0 amide bonds. The first-order chi connectivity index (χ1) is 12.8. The van der Waals surface area contributed by atoms with Crippen molar-refractivity contribution in [1.29, 1.82) is 5.41 Å². The van der Waals surface area contributed by atoms with Gasteiger partial charge in [0.25, 0.3) is 11.5 Å². The normalized spacial score (nSPS) is 16.0. The predicted molar refractivity (Wildman–Crippen MR) is 97.4 cm³/mol. The zero-order chi connectivity index (χ0) is 19.5. The van der Waals surface area contributed by atoms with Crippen LogP contribution >= 0.6 is 11.6 Å². The fraction of sp³-hybridized carbons (Fsp3) is 0.188. The minimum absolute atomic E-state index is 0.0297. The summed E-state index contributed by atoms with van der Waals surface area (Å²) >= 11 is 5.84. The maximum absolute atomic E-state index is 12.8. The van der Waals surface area contributed by atoms with Gasteiger partial charge in [-0.15, -0.1) is 5.11 Å². The Kier molecular flexibility index (Phi) is 3.67. The lowest BCUT2D eigenvalue weighted by atomic mass is 10.0. The Morgan fingerprint density at radius 1 is 1.15 bits per heavy atom. The number of aryl methyl sites for hydroxylation is 1. The van der Waals surface area contributed by atoms with Crippen LogP contribution in [-0.4, -0.2) is 36.3 Å². The molecule has 0 saturated heterocycles. The highest BCUT2D eigenvalue weighted by Crippen LogP contribution is 2.25. The number of nitrogens with zero attached hydrogens (tertiary/aromatic N) is 6. The number of nitrogens with one attached hydrogen (secondary N) is 1. The second-order valence-electron chi connectivity index (χ2n) is 6.00. The SMILES string of the molecule is Cn1c(=O)c2nc3n(c2n(C)c1=O)C(=N)C(C(=O)c1ccc(Cl)cc1)N=N3. The van der Waals surface area contributed by atoms with Crippen LogP contribution in [0.1, 0.15) is 10.4 Å². The first-order valence-electron chi connectivity index (χ1n) is 7.79. The van der Waals surface area contributed by atoms with E-state index < -0.39 is 23.1 Å². The molecule has 1 aliphatic heterocycles. The number of carbonyl (C=O) groups is 1. The van der Waals surface area contributed by atoms with Gasteiger partial charge >= 0.3 is 5.69 Å². The smallest absolute Gasteiger partial charge is 0.291 e. The van der Waals surface area contributed by atoms with Crippen LogP contribution in [0, 0.1) is 5.41 Å². The van der Waals surface area contributed by atoms with Crippen molar-refractivity contribution in [3.8, 4) is 0 Å². The van der Waals surface area contributed by atoms with Gasteiger partial charge in [-0.05, 0) is 24.3 Å². The molecule has 27 heavy (non-hydrogen) atoms. The van der Waals surface area contributed by atoms with E-state index in [4.69, 9.17) is 17.0 Å². The summed E-state index contributed by atoms with van der Waals surface area (Å²) in [6, 6.07) is 4.95. The van der Waals surface area contributed by atoms with E-state index in [1.54, 1.807) is 12.1 Å². The molecule has 0 radical (unpaired) electrons. The summed E-state index contributed by atoms with van der Waals surface area (Å²) in [5.74, 6) is -0.735. The van der Waals surface area contributed by atoms with Gasteiger partial charge in [0.2, 0.25) is 0 Å². The Hall–Kier alpha value is -3.40. The topological polar surface area (TPSA) is 127 Å². The van der Waals surface area contributed by atoms with E-state index in [2.05, 4.69) is 15.2 Å². The van der Waals surface area contributed by atoms with Crippen LogP contribution in [0.2, 0.25) is 5.02 Å². The largest absolute Gasteiger partial charge is 0.332 e. The Bertz CT molecular complexity index is 1280. The highest BCUT2D eigenvalue weighted by molar-refractivity contribution is 6.30. The number of carbonyl (C=O) groups excluding carboxylic acids is 1. The highest BCUT2D eigenvalue weighted by atomic mass is 35.5. The number of ketones is 1. The molecule has 136 valence electrons. The van der Waals surface area contributed by atoms with Crippen LogP contribution in [0.3, 0.4) is 0 Å². The summed E-state index contributed by atoms with van der Waals surface area (Å²) < 4.78 is 3.30. The lowest BCUT2D eigenvalue weighted by Gasteiger charge is -2.18. The summed E-state index contributed by atoms with van der Waals surface area (Å²) in [4.78, 5) is 41.4. The molecule has 1 N–H and O–H groups in total.